The molecule has 0 aromatic carbocycles. The number of piperazine rings is 1. The molecule has 6 heteroatoms. The van der Waals surface area contributed by atoms with Gasteiger partial charge < -0.3 is 0 Å². The first kappa shape index (κ1) is 16.5. The quantitative estimate of drug-likeness (QED) is 0.833. The Morgan fingerprint density at radius 1 is 1.29 bits per heavy atom. The predicted molar refractivity (Wildman–Crippen MR) is 86.9 cm³/mol. The molecule has 5 nitrogen and oxygen atoms in total. The van der Waals surface area contributed by atoms with Crippen LogP contribution in [0.15, 0.2) is 4.47 Å². The molecular weight excluding hydrogens is 330 g/mol. The van der Waals surface area contributed by atoms with E-state index in [-0.39, 0.29) is 5.54 Å². The first-order chi connectivity index (χ1) is 9.89. The van der Waals surface area contributed by atoms with Gasteiger partial charge in [-0.1, -0.05) is 0 Å². The summed E-state index contributed by atoms with van der Waals surface area (Å²) in [4.78, 5) is 4.71. The molecule has 0 aliphatic carbocycles. The molecule has 2 heterocycles. The van der Waals surface area contributed by atoms with Gasteiger partial charge in [0, 0.05) is 39.3 Å². The fraction of sp³-hybridized carbons (Fsp3) is 0.733. The van der Waals surface area contributed by atoms with E-state index in [1.807, 2.05) is 20.8 Å². The zero-order chi connectivity index (χ0) is 15.6. The lowest BCUT2D eigenvalue weighted by Gasteiger charge is -2.40. The first-order valence-corrected chi connectivity index (χ1v) is 8.28. The number of nitriles is 1. The molecule has 1 fully saturated rings. The van der Waals surface area contributed by atoms with Crippen molar-refractivity contribution >= 4 is 15.9 Å². The van der Waals surface area contributed by atoms with Crippen molar-refractivity contribution in [3.05, 3.63) is 15.9 Å². The van der Waals surface area contributed by atoms with E-state index in [9.17, 15) is 5.26 Å². The van der Waals surface area contributed by atoms with Crippen LogP contribution < -0.4 is 0 Å². The Morgan fingerprint density at radius 3 is 2.43 bits per heavy atom. The fourth-order valence-electron chi connectivity index (χ4n) is 2.77. The van der Waals surface area contributed by atoms with Crippen LogP contribution in [0, 0.1) is 18.3 Å². The molecule has 1 aromatic heterocycles. The van der Waals surface area contributed by atoms with Gasteiger partial charge >= 0.3 is 0 Å². The van der Waals surface area contributed by atoms with Gasteiger partial charge in [-0.25, -0.2) is 0 Å². The molecule has 21 heavy (non-hydrogen) atoms. The average Bonchev–Trinajstić information content (AvgIpc) is 2.75. The fourth-order valence-corrected chi connectivity index (χ4v) is 3.18. The third-order valence-corrected chi connectivity index (χ3v) is 5.29. The van der Waals surface area contributed by atoms with Gasteiger partial charge in [-0.05, 0) is 43.6 Å². The van der Waals surface area contributed by atoms with Crippen LogP contribution in [-0.2, 0) is 13.1 Å². The Kier molecular flexibility index (Phi) is 5.07. The van der Waals surface area contributed by atoms with E-state index in [1.165, 1.54) is 5.69 Å². The molecule has 0 bridgehead atoms. The molecule has 1 aliphatic rings. The third-order valence-electron chi connectivity index (χ3n) is 4.26. The van der Waals surface area contributed by atoms with Crippen molar-refractivity contribution in [2.24, 2.45) is 0 Å². The highest BCUT2D eigenvalue weighted by Crippen LogP contribution is 2.24. The van der Waals surface area contributed by atoms with Gasteiger partial charge in [0.1, 0.15) is 5.54 Å². The summed E-state index contributed by atoms with van der Waals surface area (Å²) in [6.07, 6.45) is 0. The van der Waals surface area contributed by atoms with E-state index in [0.29, 0.717) is 0 Å². The maximum absolute atomic E-state index is 9.23. The maximum Gasteiger partial charge on any atom is 0.103 e. The van der Waals surface area contributed by atoms with E-state index in [4.69, 9.17) is 0 Å². The van der Waals surface area contributed by atoms with Crippen LogP contribution in [0.3, 0.4) is 0 Å². The molecule has 2 rings (SSSR count). The summed E-state index contributed by atoms with van der Waals surface area (Å²) < 4.78 is 3.20. The number of rotatable bonds is 4. The summed E-state index contributed by atoms with van der Waals surface area (Å²) in [5.41, 5.74) is 1.94. The minimum Gasteiger partial charge on any atom is -0.295 e. The predicted octanol–water partition coefficient (Wildman–Crippen LogP) is 2.39. The van der Waals surface area contributed by atoms with Crippen molar-refractivity contribution in [1.82, 2.24) is 19.6 Å². The summed E-state index contributed by atoms with van der Waals surface area (Å²) in [6, 6.07) is 2.39. The van der Waals surface area contributed by atoms with Gasteiger partial charge in [0.15, 0.2) is 0 Å². The van der Waals surface area contributed by atoms with Gasteiger partial charge in [0.2, 0.25) is 0 Å². The second-order valence-corrected chi connectivity index (χ2v) is 6.89. The zero-order valence-electron chi connectivity index (χ0n) is 13.4. The zero-order valence-corrected chi connectivity index (χ0v) is 14.9. The average molecular weight is 354 g/mol. The third kappa shape index (κ3) is 3.47. The minimum atomic E-state index is -0.367. The van der Waals surface area contributed by atoms with Crippen molar-refractivity contribution < 1.29 is 0 Å². The lowest BCUT2D eigenvalue weighted by Crippen LogP contribution is -2.53. The molecule has 1 saturated heterocycles. The van der Waals surface area contributed by atoms with Gasteiger partial charge in [-0.2, -0.15) is 10.4 Å². The molecular formula is C15H24BrN5. The monoisotopic (exact) mass is 353 g/mol. The van der Waals surface area contributed by atoms with Crippen molar-refractivity contribution in [3.63, 3.8) is 0 Å². The second kappa shape index (κ2) is 6.47. The number of hydrogen-bond acceptors (Lipinski definition) is 4. The van der Waals surface area contributed by atoms with Crippen LogP contribution >= 0.6 is 15.9 Å². The lowest BCUT2D eigenvalue weighted by molar-refractivity contribution is 0.0749. The summed E-state index contributed by atoms with van der Waals surface area (Å²) in [5, 5.41) is 13.8. The van der Waals surface area contributed by atoms with Crippen molar-refractivity contribution in [2.45, 2.75) is 46.3 Å². The number of halogens is 1. The molecule has 0 N–H and O–H groups in total. The van der Waals surface area contributed by atoms with Crippen LogP contribution in [-0.4, -0.2) is 51.3 Å². The first-order valence-electron chi connectivity index (χ1n) is 7.49. The molecule has 0 atom stereocenters. The van der Waals surface area contributed by atoms with Crippen LogP contribution in [0.1, 0.15) is 32.2 Å². The molecule has 0 spiro atoms. The molecule has 0 saturated carbocycles. The number of aromatic nitrogens is 2. The smallest absolute Gasteiger partial charge is 0.103 e. The summed E-state index contributed by atoms with van der Waals surface area (Å²) in [6.45, 7) is 13.8. The van der Waals surface area contributed by atoms with Crippen LogP contribution in [0.5, 0.6) is 0 Å². The van der Waals surface area contributed by atoms with Crippen LogP contribution in [0.25, 0.3) is 0 Å². The van der Waals surface area contributed by atoms with Gasteiger partial charge in [-0.3, -0.25) is 14.5 Å². The Morgan fingerprint density at radius 2 is 1.90 bits per heavy atom. The molecule has 0 amide bonds. The maximum atomic E-state index is 9.23. The lowest BCUT2D eigenvalue weighted by atomic mass is 10.0. The van der Waals surface area contributed by atoms with E-state index in [0.717, 1.165) is 49.4 Å². The normalized spacial score (nSPS) is 17.9. The molecule has 1 aromatic rings. The largest absolute Gasteiger partial charge is 0.295 e. The molecule has 0 unspecified atom stereocenters. The highest BCUT2D eigenvalue weighted by molar-refractivity contribution is 9.10. The molecule has 1 aliphatic heterocycles. The number of aryl methyl sites for hydroxylation is 2. The van der Waals surface area contributed by atoms with E-state index < -0.39 is 0 Å². The van der Waals surface area contributed by atoms with Gasteiger partial charge in [0.05, 0.1) is 21.9 Å². The summed E-state index contributed by atoms with van der Waals surface area (Å²) in [7, 11) is 0. The van der Waals surface area contributed by atoms with E-state index in [2.05, 4.69) is 48.5 Å². The van der Waals surface area contributed by atoms with Crippen molar-refractivity contribution in [3.8, 4) is 6.07 Å². The van der Waals surface area contributed by atoms with Crippen molar-refractivity contribution in [2.75, 3.05) is 26.2 Å². The number of hydrogen-bond donors (Lipinski definition) is 0. The highest BCUT2D eigenvalue weighted by atomic mass is 79.9. The van der Waals surface area contributed by atoms with Gasteiger partial charge in [0.25, 0.3) is 0 Å². The standard InChI is InChI=1S/C15H24BrN5/c1-5-21-13(14(16)12(2)18-21)10-19-6-8-20(9-7-19)15(3,4)11-17/h5-10H2,1-4H3. The second-order valence-electron chi connectivity index (χ2n) is 6.10. The Hall–Kier alpha value is -0.900. The Balaban J connectivity index is 2.00. The van der Waals surface area contributed by atoms with Crippen LogP contribution in [0.4, 0.5) is 0 Å². The molecule has 0 radical (unpaired) electrons. The Bertz CT molecular complexity index is 535. The van der Waals surface area contributed by atoms with E-state index in [1.54, 1.807) is 0 Å². The summed E-state index contributed by atoms with van der Waals surface area (Å²) in [5.74, 6) is 0. The van der Waals surface area contributed by atoms with Crippen LogP contribution in [0.2, 0.25) is 0 Å². The van der Waals surface area contributed by atoms with Crippen molar-refractivity contribution in [1.29, 1.82) is 5.26 Å². The van der Waals surface area contributed by atoms with Gasteiger partial charge in [-0.15, -0.1) is 0 Å². The van der Waals surface area contributed by atoms with E-state index >= 15 is 0 Å². The number of nitrogens with zero attached hydrogens (tertiary/aromatic N) is 5. The Labute approximate surface area is 135 Å². The minimum absolute atomic E-state index is 0.367. The topological polar surface area (TPSA) is 48.1 Å². The SMILES string of the molecule is CCn1nc(C)c(Br)c1CN1CCN(C(C)(C)C#N)CC1. The highest BCUT2D eigenvalue weighted by Gasteiger charge is 2.30. The summed E-state index contributed by atoms with van der Waals surface area (Å²) >= 11 is 3.66. The molecule has 116 valence electrons.